The van der Waals surface area contributed by atoms with Gasteiger partial charge in [0, 0.05) is 6.04 Å². The lowest BCUT2D eigenvalue weighted by atomic mass is 9.92. The zero-order valence-corrected chi connectivity index (χ0v) is 12.1. The van der Waals surface area contributed by atoms with Crippen molar-refractivity contribution in [2.75, 3.05) is 11.5 Å². The van der Waals surface area contributed by atoms with E-state index in [9.17, 15) is 4.79 Å². The number of thiocarbonyl (C=S) groups is 1. The molecule has 0 aromatic rings. The van der Waals surface area contributed by atoms with E-state index in [0.29, 0.717) is 0 Å². The summed E-state index contributed by atoms with van der Waals surface area (Å²) in [6.45, 7) is 7.63. The Morgan fingerprint density at radius 3 is 2.56 bits per heavy atom. The molecule has 1 atom stereocenters. The predicted octanol–water partition coefficient (Wildman–Crippen LogP) is 1.95. The number of thioether (sulfide) groups is 1. The van der Waals surface area contributed by atoms with Crippen LogP contribution >= 0.6 is 24.0 Å². The molecule has 5 heteroatoms. The maximum atomic E-state index is 11.9. The molecule has 1 unspecified atom stereocenters. The van der Waals surface area contributed by atoms with Crippen molar-refractivity contribution in [2.24, 2.45) is 11.1 Å². The molecule has 0 aliphatic heterocycles. The summed E-state index contributed by atoms with van der Waals surface area (Å²) < 4.78 is 0. The quantitative estimate of drug-likeness (QED) is 0.544. The van der Waals surface area contributed by atoms with Crippen LogP contribution in [0.25, 0.3) is 0 Å². The lowest BCUT2D eigenvalue weighted by Crippen LogP contribution is -2.47. The summed E-state index contributed by atoms with van der Waals surface area (Å²) in [5.41, 5.74) is 4.77. The highest BCUT2D eigenvalue weighted by Gasteiger charge is 2.31. The van der Waals surface area contributed by atoms with Crippen molar-refractivity contribution in [3.05, 3.63) is 0 Å². The van der Waals surface area contributed by atoms with Crippen molar-refractivity contribution >= 4 is 34.9 Å². The Morgan fingerprint density at radius 2 is 2.12 bits per heavy atom. The zero-order valence-electron chi connectivity index (χ0n) is 10.5. The van der Waals surface area contributed by atoms with E-state index >= 15 is 0 Å². The van der Waals surface area contributed by atoms with Crippen molar-refractivity contribution in [1.82, 2.24) is 5.32 Å². The van der Waals surface area contributed by atoms with Crippen LogP contribution in [-0.4, -0.2) is 28.4 Å². The van der Waals surface area contributed by atoms with Gasteiger partial charge in [0.05, 0.1) is 10.4 Å². The molecule has 0 rings (SSSR count). The molecular weight excluding hydrogens is 240 g/mol. The number of amides is 1. The van der Waals surface area contributed by atoms with Gasteiger partial charge in [-0.1, -0.05) is 19.1 Å². The highest BCUT2D eigenvalue weighted by molar-refractivity contribution is 7.99. The molecule has 0 spiro atoms. The zero-order chi connectivity index (χ0) is 12.8. The third-order valence-corrected chi connectivity index (χ3v) is 3.90. The van der Waals surface area contributed by atoms with Crippen LogP contribution in [-0.2, 0) is 4.79 Å². The predicted molar refractivity (Wildman–Crippen MR) is 75.8 cm³/mol. The fraction of sp³-hybridized carbons (Fsp3) is 0.818. The molecule has 16 heavy (non-hydrogen) atoms. The summed E-state index contributed by atoms with van der Waals surface area (Å²) in [6.07, 6.45) is 0.970. The Bertz CT molecular complexity index is 254. The smallest absolute Gasteiger partial charge is 0.232 e. The maximum absolute atomic E-state index is 11.9. The van der Waals surface area contributed by atoms with E-state index in [1.54, 1.807) is 13.8 Å². The van der Waals surface area contributed by atoms with Crippen LogP contribution in [0.4, 0.5) is 0 Å². The average Bonchev–Trinajstić information content (AvgIpc) is 2.17. The Hall–Kier alpha value is -0.290. The summed E-state index contributed by atoms with van der Waals surface area (Å²) >= 11 is 6.76. The lowest BCUT2D eigenvalue weighted by Gasteiger charge is -2.24. The number of carbonyl (C=O) groups is 1. The largest absolute Gasteiger partial charge is 0.392 e. The van der Waals surface area contributed by atoms with Crippen molar-refractivity contribution in [2.45, 2.75) is 40.2 Å². The minimum absolute atomic E-state index is 0.0889. The van der Waals surface area contributed by atoms with Crippen LogP contribution in [0.15, 0.2) is 0 Å². The van der Waals surface area contributed by atoms with E-state index < -0.39 is 5.41 Å². The second kappa shape index (κ2) is 7.12. The fourth-order valence-electron chi connectivity index (χ4n) is 0.993. The molecule has 0 aromatic heterocycles. The van der Waals surface area contributed by atoms with Crippen molar-refractivity contribution in [3.8, 4) is 0 Å². The maximum Gasteiger partial charge on any atom is 0.232 e. The van der Waals surface area contributed by atoms with Gasteiger partial charge in [-0.25, -0.2) is 0 Å². The van der Waals surface area contributed by atoms with Crippen molar-refractivity contribution in [3.63, 3.8) is 0 Å². The molecule has 0 aliphatic carbocycles. The van der Waals surface area contributed by atoms with Gasteiger partial charge in [0.25, 0.3) is 0 Å². The topological polar surface area (TPSA) is 55.1 Å². The number of carbonyl (C=O) groups excluding carboxylic acids is 1. The molecule has 0 saturated carbocycles. The van der Waals surface area contributed by atoms with Crippen molar-refractivity contribution in [1.29, 1.82) is 0 Å². The molecule has 0 heterocycles. The van der Waals surface area contributed by atoms with Crippen LogP contribution in [0.5, 0.6) is 0 Å². The highest BCUT2D eigenvalue weighted by Crippen LogP contribution is 2.16. The molecule has 3 nitrogen and oxygen atoms in total. The molecule has 0 fully saturated rings. The van der Waals surface area contributed by atoms with Crippen LogP contribution in [0, 0.1) is 5.41 Å². The second-order valence-electron chi connectivity index (χ2n) is 4.35. The summed E-state index contributed by atoms with van der Waals surface area (Å²) in [4.78, 5) is 12.1. The average molecular weight is 262 g/mol. The van der Waals surface area contributed by atoms with Gasteiger partial charge < -0.3 is 11.1 Å². The van der Waals surface area contributed by atoms with Gasteiger partial charge in [-0.15, -0.1) is 0 Å². The molecule has 1 amide bonds. The van der Waals surface area contributed by atoms with Gasteiger partial charge in [-0.05, 0) is 38.7 Å². The summed E-state index contributed by atoms with van der Waals surface area (Å²) in [5, 5.41) is 2.94. The number of hydrogen-bond donors (Lipinski definition) is 2. The molecule has 0 radical (unpaired) electrons. The molecule has 0 aliphatic rings. The number of nitrogens with two attached hydrogens (primary N) is 1. The van der Waals surface area contributed by atoms with Crippen LogP contribution in [0.3, 0.4) is 0 Å². The van der Waals surface area contributed by atoms with Gasteiger partial charge in [0.2, 0.25) is 5.91 Å². The molecule has 0 saturated heterocycles. The van der Waals surface area contributed by atoms with Crippen LogP contribution in [0.2, 0.25) is 0 Å². The molecule has 94 valence electrons. The molecule has 0 aromatic carbocycles. The van der Waals surface area contributed by atoms with E-state index in [4.69, 9.17) is 18.0 Å². The van der Waals surface area contributed by atoms with E-state index in [-0.39, 0.29) is 16.9 Å². The summed E-state index contributed by atoms with van der Waals surface area (Å²) in [5.74, 6) is 2.08. The van der Waals surface area contributed by atoms with E-state index in [0.717, 1.165) is 17.9 Å². The fourth-order valence-corrected chi connectivity index (χ4v) is 1.89. The first kappa shape index (κ1) is 15.7. The van der Waals surface area contributed by atoms with E-state index in [2.05, 4.69) is 12.2 Å². The SMILES string of the molecule is CCSCCC(C)NC(=O)C(C)(C)C(N)=S. The second-order valence-corrected chi connectivity index (χ2v) is 6.18. The first-order valence-electron chi connectivity index (χ1n) is 5.51. The molecule has 0 bridgehead atoms. The standard InChI is InChI=1S/C11H22N2OS2/c1-5-16-7-6-8(2)13-10(14)11(3,4)9(12)15/h8H,5-7H2,1-4H3,(H2,12,15)(H,13,14). The molecular formula is C11H22N2OS2. The Morgan fingerprint density at radius 1 is 1.56 bits per heavy atom. The van der Waals surface area contributed by atoms with Gasteiger partial charge in [-0.3, -0.25) is 4.79 Å². The summed E-state index contributed by atoms with van der Waals surface area (Å²) in [6, 6.07) is 0.167. The normalized spacial score (nSPS) is 13.2. The minimum Gasteiger partial charge on any atom is -0.392 e. The van der Waals surface area contributed by atoms with Crippen LogP contribution in [0.1, 0.15) is 34.1 Å². The third kappa shape index (κ3) is 5.16. The van der Waals surface area contributed by atoms with Gasteiger partial charge in [0.1, 0.15) is 0 Å². The van der Waals surface area contributed by atoms with E-state index in [1.165, 1.54) is 0 Å². The summed E-state index contributed by atoms with van der Waals surface area (Å²) in [7, 11) is 0. The monoisotopic (exact) mass is 262 g/mol. The van der Waals surface area contributed by atoms with Crippen molar-refractivity contribution < 1.29 is 4.79 Å². The lowest BCUT2D eigenvalue weighted by molar-refractivity contribution is -0.126. The van der Waals surface area contributed by atoms with E-state index in [1.807, 2.05) is 18.7 Å². The Labute approximate surface area is 108 Å². The highest BCUT2D eigenvalue weighted by atomic mass is 32.2. The first-order chi connectivity index (χ1) is 7.32. The number of nitrogens with one attached hydrogen (secondary N) is 1. The van der Waals surface area contributed by atoms with Gasteiger partial charge in [0.15, 0.2) is 0 Å². The first-order valence-corrected chi connectivity index (χ1v) is 7.07. The number of hydrogen-bond acceptors (Lipinski definition) is 3. The van der Waals surface area contributed by atoms with Gasteiger partial charge >= 0.3 is 0 Å². The molecule has 3 N–H and O–H groups in total. The van der Waals surface area contributed by atoms with Crippen LogP contribution < -0.4 is 11.1 Å². The third-order valence-electron chi connectivity index (χ3n) is 2.46. The Balaban J connectivity index is 4.09. The number of rotatable bonds is 7. The minimum atomic E-state index is -0.762. The van der Waals surface area contributed by atoms with Gasteiger partial charge in [-0.2, -0.15) is 11.8 Å². The Kier molecular flexibility index (Phi) is 6.99.